The van der Waals surface area contributed by atoms with Crippen LogP contribution in [0.15, 0.2) is 40.9 Å². The van der Waals surface area contributed by atoms with Crippen LogP contribution in [0.25, 0.3) is 0 Å². The standard InChI is InChI=1S/C15H11BrO4/c16-13-6-12(3-2-11(13)7-17)18-8-10-1-4-14-15(5-10)20-9-19-14/h1-7H,8-9H2. The van der Waals surface area contributed by atoms with Crippen LogP contribution in [-0.4, -0.2) is 13.1 Å². The number of rotatable bonds is 4. The van der Waals surface area contributed by atoms with Crippen molar-refractivity contribution in [3.8, 4) is 17.2 Å². The van der Waals surface area contributed by atoms with Crippen LogP contribution in [0.4, 0.5) is 0 Å². The van der Waals surface area contributed by atoms with Crippen LogP contribution in [-0.2, 0) is 6.61 Å². The highest BCUT2D eigenvalue weighted by Crippen LogP contribution is 2.33. The minimum atomic E-state index is 0.264. The summed E-state index contributed by atoms with van der Waals surface area (Å²) in [6.07, 6.45) is 0.797. The maximum atomic E-state index is 10.7. The van der Waals surface area contributed by atoms with Gasteiger partial charge >= 0.3 is 0 Å². The first kappa shape index (κ1) is 13.0. The van der Waals surface area contributed by atoms with Crippen molar-refractivity contribution in [3.05, 3.63) is 52.0 Å². The van der Waals surface area contributed by atoms with E-state index >= 15 is 0 Å². The van der Waals surface area contributed by atoms with Gasteiger partial charge in [-0.1, -0.05) is 6.07 Å². The molecule has 0 spiro atoms. The highest BCUT2D eigenvalue weighted by atomic mass is 79.9. The molecule has 2 aromatic rings. The van der Waals surface area contributed by atoms with Crippen molar-refractivity contribution >= 4 is 22.2 Å². The minimum absolute atomic E-state index is 0.264. The zero-order valence-electron chi connectivity index (χ0n) is 10.5. The number of carbonyl (C=O) groups excluding carboxylic acids is 1. The Morgan fingerprint density at radius 2 is 2.00 bits per heavy atom. The average molecular weight is 335 g/mol. The molecule has 0 N–H and O–H groups in total. The summed E-state index contributed by atoms with van der Waals surface area (Å²) in [5, 5.41) is 0. The van der Waals surface area contributed by atoms with E-state index in [1.807, 2.05) is 18.2 Å². The molecule has 4 nitrogen and oxygen atoms in total. The third kappa shape index (κ3) is 2.63. The quantitative estimate of drug-likeness (QED) is 0.802. The first-order valence-corrected chi connectivity index (χ1v) is 6.81. The predicted molar refractivity (Wildman–Crippen MR) is 76.4 cm³/mol. The molecule has 0 unspecified atom stereocenters. The van der Waals surface area contributed by atoms with Gasteiger partial charge in [-0.3, -0.25) is 4.79 Å². The maximum absolute atomic E-state index is 10.7. The van der Waals surface area contributed by atoms with Crippen LogP contribution in [0.1, 0.15) is 15.9 Å². The highest BCUT2D eigenvalue weighted by molar-refractivity contribution is 9.10. The molecule has 1 aliphatic rings. The normalized spacial score (nSPS) is 12.2. The fraction of sp³-hybridized carbons (Fsp3) is 0.133. The summed E-state index contributed by atoms with van der Waals surface area (Å²) >= 11 is 3.33. The van der Waals surface area contributed by atoms with Gasteiger partial charge in [-0.2, -0.15) is 0 Å². The topological polar surface area (TPSA) is 44.8 Å². The van der Waals surface area contributed by atoms with Crippen molar-refractivity contribution in [1.29, 1.82) is 0 Å². The fourth-order valence-corrected chi connectivity index (χ4v) is 2.34. The Morgan fingerprint density at radius 1 is 1.15 bits per heavy atom. The van der Waals surface area contributed by atoms with E-state index in [4.69, 9.17) is 14.2 Å². The molecular formula is C15H11BrO4. The highest BCUT2D eigenvalue weighted by Gasteiger charge is 2.13. The SMILES string of the molecule is O=Cc1ccc(OCc2ccc3c(c2)OCO3)cc1Br. The Kier molecular flexibility index (Phi) is 3.60. The second-order valence-electron chi connectivity index (χ2n) is 4.28. The molecule has 102 valence electrons. The van der Waals surface area contributed by atoms with Crippen molar-refractivity contribution in [2.45, 2.75) is 6.61 Å². The summed E-state index contributed by atoms with van der Waals surface area (Å²) in [5.41, 5.74) is 1.59. The van der Waals surface area contributed by atoms with Crippen molar-refractivity contribution in [3.63, 3.8) is 0 Å². The maximum Gasteiger partial charge on any atom is 0.231 e. The van der Waals surface area contributed by atoms with Gasteiger partial charge in [0.25, 0.3) is 0 Å². The molecule has 5 heteroatoms. The Balaban J connectivity index is 1.70. The van der Waals surface area contributed by atoms with Gasteiger partial charge in [-0.15, -0.1) is 0 Å². The van der Waals surface area contributed by atoms with E-state index in [-0.39, 0.29) is 6.79 Å². The van der Waals surface area contributed by atoms with Gasteiger partial charge < -0.3 is 14.2 Å². The second kappa shape index (κ2) is 5.54. The molecule has 0 saturated heterocycles. The zero-order chi connectivity index (χ0) is 13.9. The molecule has 0 aromatic heterocycles. The average Bonchev–Trinajstić information content (AvgIpc) is 2.92. The largest absolute Gasteiger partial charge is 0.489 e. The number of fused-ring (bicyclic) bond motifs is 1. The van der Waals surface area contributed by atoms with Crippen molar-refractivity contribution < 1.29 is 19.0 Å². The van der Waals surface area contributed by atoms with Gasteiger partial charge in [-0.05, 0) is 51.8 Å². The van der Waals surface area contributed by atoms with Crippen LogP contribution < -0.4 is 14.2 Å². The van der Waals surface area contributed by atoms with E-state index in [1.54, 1.807) is 18.2 Å². The lowest BCUT2D eigenvalue weighted by Crippen LogP contribution is -1.96. The Labute approximate surface area is 124 Å². The van der Waals surface area contributed by atoms with Gasteiger partial charge in [0.2, 0.25) is 6.79 Å². The smallest absolute Gasteiger partial charge is 0.231 e. The van der Waals surface area contributed by atoms with Gasteiger partial charge in [0.05, 0.1) is 0 Å². The van der Waals surface area contributed by atoms with E-state index in [2.05, 4.69) is 15.9 Å². The first-order valence-electron chi connectivity index (χ1n) is 6.02. The minimum Gasteiger partial charge on any atom is -0.489 e. The zero-order valence-corrected chi connectivity index (χ0v) is 12.1. The summed E-state index contributed by atoms with van der Waals surface area (Å²) in [5.74, 6) is 2.19. The number of carbonyl (C=O) groups is 1. The van der Waals surface area contributed by atoms with Crippen LogP contribution >= 0.6 is 15.9 Å². The molecular weight excluding hydrogens is 324 g/mol. The van der Waals surface area contributed by atoms with E-state index in [9.17, 15) is 4.79 Å². The number of aldehydes is 1. The number of ether oxygens (including phenoxy) is 3. The van der Waals surface area contributed by atoms with Crippen molar-refractivity contribution in [2.24, 2.45) is 0 Å². The molecule has 0 aliphatic carbocycles. The number of halogens is 1. The molecule has 0 amide bonds. The van der Waals surface area contributed by atoms with Crippen LogP contribution in [0.2, 0.25) is 0 Å². The van der Waals surface area contributed by atoms with Crippen LogP contribution in [0, 0.1) is 0 Å². The van der Waals surface area contributed by atoms with E-state index < -0.39 is 0 Å². The summed E-state index contributed by atoms with van der Waals surface area (Å²) in [7, 11) is 0. The number of hydrogen-bond acceptors (Lipinski definition) is 4. The third-order valence-electron chi connectivity index (χ3n) is 2.94. The van der Waals surface area contributed by atoms with E-state index in [1.165, 1.54) is 0 Å². The Hall–Kier alpha value is -2.01. The Bertz CT molecular complexity index is 654. The number of benzene rings is 2. The lowest BCUT2D eigenvalue weighted by molar-refractivity contribution is 0.112. The van der Waals surface area contributed by atoms with Crippen LogP contribution in [0.5, 0.6) is 17.2 Å². The fourth-order valence-electron chi connectivity index (χ4n) is 1.89. The third-order valence-corrected chi connectivity index (χ3v) is 3.63. The molecule has 0 bridgehead atoms. The van der Waals surface area contributed by atoms with Crippen molar-refractivity contribution in [1.82, 2.24) is 0 Å². The molecule has 1 heterocycles. The second-order valence-corrected chi connectivity index (χ2v) is 5.13. The van der Waals surface area contributed by atoms with Gasteiger partial charge in [0.1, 0.15) is 12.4 Å². The molecule has 1 aliphatic heterocycles. The molecule has 0 atom stereocenters. The first-order chi connectivity index (χ1) is 9.76. The van der Waals surface area contributed by atoms with Crippen molar-refractivity contribution in [2.75, 3.05) is 6.79 Å². The van der Waals surface area contributed by atoms with E-state index in [0.29, 0.717) is 17.9 Å². The summed E-state index contributed by atoms with van der Waals surface area (Å²) in [4.78, 5) is 10.7. The summed E-state index contributed by atoms with van der Waals surface area (Å²) in [6, 6.07) is 11.0. The molecule has 2 aromatic carbocycles. The van der Waals surface area contributed by atoms with Gasteiger partial charge in [-0.25, -0.2) is 0 Å². The molecule has 20 heavy (non-hydrogen) atoms. The molecule has 0 saturated carbocycles. The van der Waals surface area contributed by atoms with E-state index in [0.717, 1.165) is 27.8 Å². The monoisotopic (exact) mass is 334 g/mol. The molecule has 0 fully saturated rings. The number of hydrogen-bond donors (Lipinski definition) is 0. The summed E-state index contributed by atoms with van der Waals surface area (Å²) < 4.78 is 17.0. The Morgan fingerprint density at radius 3 is 2.80 bits per heavy atom. The molecule has 0 radical (unpaired) electrons. The van der Waals surface area contributed by atoms with Gasteiger partial charge in [0.15, 0.2) is 17.8 Å². The van der Waals surface area contributed by atoms with Crippen LogP contribution in [0.3, 0.4) is 0 Å². The summed E-state index contributed by atoms with van der Waals surface area (Å²) in [6.45, 7) is 0.684. The molecule has 3 rings (SSSR count). The predicted octanol–water partition coefficient (Wildman–Crippen LogP) is 3.57. The van der Waals surface area contributed by atoms with Gasteiger partial charge in [0, 0.05) is 10.0 Å². The lowest BCUT2D eigenvalue weighted by Gasteiger charge is -2.08. The lowest BCUT2D eigenvalue weighted by atomic mass is 10.2.